The van der Waals surface area contributed by atoms with Crippen molar-refractivity contribution >= 4 is 39.8 Å². The Hall–Kier alpha value is -0.950. The van der Waals surface area contributed by atoms with E-state index in [0.29, 0.717) is 11.1 Å². The summed E-state index contributed by atoms with van der Waals surface area (Å²) in [6.07, 6.45) is 0. The van der Waals surface area contributed by atoms with Crippen molar-refractivity contribution in [2.24, 2.45) is 0 Å². The van der Waals surface area contributed by atoms with Crippen LogP contribution in [0.25, 0.3) is 0 Å². The van der Waals surface area contributed by atoms with Crippen molar-refractivity contribution in [2.45, 2.75) is 6.54 Å². The van der Waals surface area contributed by atoms with Crippen molar-refractivity contribution < 1.29 is 9.18 Å². The second-order valence-corrected chi connectivity index (χ2v) is 6.70. The molecule has 1 amide bonds. The van der Waals surface area contributed by atoms with Gasteiger partial charge >= 0.3 is 0 Å². The Bertz CT molecular complexity index is 570. The minimum atomic E-state index is -0.281. The number of halogens is 2. The highest BCUT2D eigenvalue weighted by Gasteiger charge is 2.14. The van der Waals surface area contributed by atoms with E-state index in [1.165, 1.54) is 22.3 Å². The molecule has 0 saturated heterocycles. The summed E-state index contributed by atoms with van der Waals surface area (Å²) in [4.78, 5) is 13.6. The molecule has 2 aromatic rings. The van der Waals surface area contributed by atoms with Gasteiger partial charge in [-0.3, -0.25) is 4.79 Å². The molecule has 0 saturated carbocycles. The molecule has 1 aromatic carbocycles. The summed E-state index contributed by atoms with van der Waals surface area (Å²) in [5.74, 6) is -0.366. The Morgan fingerprint density at radius 2 is 2.17 bits per heavy atom. The summed E-state index contributed by atoms with van der Waals surface area (Å²) in [6.45, 7) is 0.276. The van der Waals surface area contributed by atoms with Gasteiger partial charge in [-0.2, -0.15) is 0 Å². The quantitative estimate of drug-likeness (QED) is 0.749. The number of carbonyl (C=O) groups excluding carboxylic acids is 1. The monoisotopic (exact) mass is 375 g/mol. The molecule has 1 heterocycles. The second-order valence-electron chi connectivity index (χ2n) is 3.89. The van der Waals surface area contributed by atoms with Crippen LogP contribution in [0.2, 0.25) is 0 Å². The van der Waals surface area contributed by atoms with Crippen LogP contribution in [0.15, 0.2) is 35.7 Å². The molecule has 5 heteroatoms. The summed E-state index contributed by atoms with van der Waals surface area (Å²) in [6, 6.07) is 8.34. The minimum absolute atomic E-state index is 0.0857. The fourth-order valence-corrected chi connectivity index (χ4v) is 2.92. The van der Waals surface area contributed by atoms with Gasteiger partial charge in [0.05, 0.1) is 8.45 Å². The van der Waals surface area contributed by atoms with Crippen LogP contribution in [-0.2, 0) is 6.54 Å². The largest absolute Gasteiger partial charge is 0.337 e. The summed E-state index contributed by atoms with van der Waals surface area (Å²) in [5.41, 5.74) is 1.18. The molecule has 0 aliphatic heterocycles. The topological polar surface area (TPSA) is 20.3 Å². The third-order valence-corrected chi connectivity index (χ3v) is 4.32. The first kappa shape index (κ1) is 13.5. The fraction of sp³-hybridized carbons (Fsp3) is 0.154. The lowest BCUT2D eigenvalue weighted by Crippen LogP contribution is -2.26. The van der Waals surface area contributed by atoms with Crippen LogP contribution in [-0.4, -0.2) is 17.9 Å². The highest BCUT2D eigenvalue weighted by molar-refractivity contribution is 14.1. The molecule has 2 nitrogen and oxygen atoms in total. The van der Waals surface area contributed by atoms with E-state index >= 15 is 0 Å². The van der Waals surface area contributed by atoms with Crippen LogP contribution < -0.4 is 0 Å². The van der Waals surface area contributed by atoms with Gasteiger partial charge in [0, 0.05) is 24.5 Å². The van der Waals surface area contributed by atoms with Crippen LogP contribution in [0.3, 0.4) is 0 Å². The zero-order chi connectivity index (χ0) is 13.1. The van der Waals surface area contributed by atoms with Gasteiger partial charge < -0.3 is 4.90 Å². The molecule has 0 atom stereocenters. The van der Waals surface area contributed by atoms with Crippen molar-refractivity contribution in [3.63, 3.8) is 0 Å². The molecule has 0 aliphatic carbocycles. The second kappa shape index (κ2) is 5.79. The molecule has 0 unspecified atom stereocenters. The predicted molar refractivity (Wildman–Crippen MR) is 79.2 cm³/mol. The number of nitrogens with zero attached hydrogens (tertiary/aromatic N) is 1. The molecule has 0 fully saturated rings. The maximum Gasteiger partial charge on any atom is 0.254 e. The maximum atomic E-state index is 13.5. The first-order valence-corrected chi connectivity index (χ1v) is 7.26. The molecule has 0 aliphatic rings. The molecule has 2 rings (SSSR count). The van der Waals surface area contributed by atoms with Gasteiger partial charge in [-0.05, 0) is 34.7 Å². The molecule has 0 N–H and O–H groups in total. The number of carbonyl (C=O) groups is 1. The zero-order valence-corrected chi connectivity index (χ0v) is 12.7. The molecule has 0 spiro atoms. The van der Waals surface area contributed by atoms with E-state index in [0.717, 1.165) is 2.88 Å². The maximum absolute atomic E-state index is 13.5. The first-order valence-electron chi connectivity index (χ1n) is 5.31. The highest BCUT2D eigenvalue weighted by atomic mass is 127. The van der Waals surface area contributed by atoms with Gasteiger partial charge in [0.25, 0.3) is 5.91 Å². The van der Waals surface area contributed by atoms with E-state index in [2.05, 4.69) is 22.6 Å². The molecular weight excluding hydrogens is 364 g/mol. The number of thiophene rings is 1. The standard InChI is InChI=1S/C13H11FINOS/c1-16(7-9-4-2-3-5-11(9)14)13(17)10-6-12(15)18-8-10/h2-6,8H,7H2,1H3. The number of rotatable bonds is 3. The Morgan fingerprint density at radius 3 is 2.78 bits per heavy atom. The smallest absolute Gasteiger partial charge is 0.254 e. The molecule has 0 bridgehead atoms. The third-order valence-electron chi connectivity index (χ3n) is 2.53. The number of benzene rings is 1. The van der Waals surface area contributed by atoms with Crippen molar-refractivity contribution in [3.05, 3.63) is 55.5 Å². The van der Waals surface area contributed by atoms with Gasteiger partial charge in [-0.15, -0.1) is 11.3 Å². The Labute approximate surface area is 123 Å². The molecular formula is C13H11FINOS. The van der Waals surface area contributed by atoms with Crippen LogP contribution in [0, 0.1) is 8.70 Å². The lowest BCUT2D eigenvalue weighted by Gasteiger charge is -2.16. The van der Waals surface area contributed by atoms with E-state index in [-0.39, 0.29) is 18.3 Å². The lowest BCUT2D eigenvalue weighted by molar-refractivity contribution is 0.0784. The van der Waals surface area contributed by atoms with Crippen LogP contribution in [0.1, 0.15) is 15.9 Å². The first-order chi connectivity index (χ1) is 8.58. The Kier molecular flexibility index (Phi) is 4.34. The summed E-state index contributed by atoms with van der Waals surface area (Å²) in [7, 11) is 1.68. The summed E-state index contributed by atoms with van der Waals surface area (Å²) in [5, 5.41) is 1.82. The normalized spacial score (nSPS) is 10.4. The summed E-state index contributed by atoms with van der Waals surface area (Å²) < 4.78 is 14.5. The average Bonchev–Trinajstić information content (AvgIpc) is 2.78. The number of hydrogen-bond acceptors (Lipinski definition) is 2. The van der Waals surface area contributed by atoms with Gasteiger partial charge in [-0.25, -0.2) is 4.39 Å². The number of amides is 1. The predicted octanol–water partition coefficient (Wildman–Crippen LogP) is 3.76. The molecule has 18 heavy (non-hydrogen) atoms. The van der Waals surface area contributed by atoms with E-state index in [1.807, 2.05) is 11.4 Å². The average molecular weight is 375 g/mol. The van der Waals surface area contributed by atoms with Crippen molar-refractivity contribution in [2.75, 3.05) is 7.05 Å². The highest BCUT2D eigenvalue weighted by Crippen LogP contribution is 2.19. The van der Waals surface area contributed by atoms with Gasteiger partial charge in [0.1, 0.15) is 5.82 Å². The third kappa shape index (κ3) is 3.08. The molecule has 0 radical (unpaired) electrons. The van der Waals surface area contributed by atoms with Crippen molar-refractivity contribution in [1.82, 2.24) is 4.90 Å². The lowest BCUT2D eigenvalue weighted by atomic mass is 10.2. The fourth-order valence-electron chi connectivity index (χ4n) is 1.60. The van der Waals surface area contributed by atoms with E-state index < -0.39 is 0 Å². The van der Waals surface area contributed by atoms with E-state index in [9.17, 15) is 9.18 Å². The van der Waals surface area contributed by atoms with Gasteiger partial charge in [0.2, 0.25) is 0 Å². The minimum Gasteiger partial charge on any atom is -0.337 e. The van der Waals surface area contributed by atoms with Crippen LogP contribution in [0.4, 0.5) is 4.39 Å². The Morgan fingerprint density at radius 1 is 1.44 bits per heavy atom. The van der Waals surface area contributed by atoms with E-state index in [4.69, 9.17) is 0 Å². The zero-order valence-electron chi connectivity index (χ0n) is 9.69. The SMILES string of the molecule is CN(Cc1ccccc1F)C(=O)c1csc(I)c1. The van der Waals surface area contributed by atoms with Crippen molar-refractivity contribution in [3.8, 4) is 0 Å². The van der Waals surface area contributed by atoms with Crippen LogP contribution in [0.5, 0.6) is 0 Å². The van der Waals surface area contributed by atoms with Crippen LogP contribution >= 0.6 is 33.9 Å². The summed E-state index contributed by atoms with van der Waals surface area (Å²) >= 11 is 3.70. The van der Waals surface area contributed by atoms with Crippen molar-refractivity contribution in [1.29, 1.82) is 0 Å². The van der Waals surface area contributed by atoms with E-state index in [1.54, 1.807) is 25.2 Å². The van der Waals surface area contributed by atoms with Gasteiger partial charge in [-0.1, -0.05) is 18.2 Å². The molecule has 1 aromatic heterocycles. The molecule has 94 valence electrons. The van der Waals surface area contributed by atoms with Gasteiger partial charge in [0.15, 0.2) is 0 Å². The number of hydrogen-bond donors (Lipinski definition) is 0. The Balaban J connectivity index is 2.11.